The fraction of sp³-hybridized carbons (Fsp3) is 0.167. The lowest BCUT2D eigenvalue weighted by Crippen LogP contribution is -2.01. The number of carbonyl (C=O) groups excluding carboxylic acids is 1. The highest BCUT2D eigenvalue weighted by Gasteiger charge is 2.04. The Balaban J connectivity index is 2.08. The van der Waals surface area contributed by atoms with Crippen LogP contribution in [-0.2, 0) is 4.79 Å². The molecule has 0 fully saturated rings. The minimum absolute atomic E-state index is 0.373. The summed E-state index contributed by atoms with van der Waals surface area (Å²) in [6.07, 6.45) is -0.877. The SMILES string of the molecule is CC(=O)Oc1ccc(C(O)C#Cc2ccc(C)cc2)cc1. The van der Waals surface area contributed by atoms with Crippen molar-refractivity contribution in [3.05, 3.63) is 65.2 Å². The Hall–Kier alpha value is -2.57. The van der Waals surface area contributed by atoms with Crippen LogP contribution in [-0.4, -0.2) is 11.1 Å². The van der Waals surface area contributed by atoms with Gasteiger partial charge in [0.25, 0.3) is 0 Å². The van der Waals surface area contributed by atoms with Crippen LogP contribution >= 0.6 is 0 Å². The number of hydrogen-bond acceptors (Lipinski definition) is 3. The first-order chi connectivity index (χ1) is 10.0. The molecule has 0 saturated heterocycles. The Bertz CT molecular complexity index is 673. The van der Waals surface area contributed by atoms with E-state index < -0.39 is 6.10 Å². The number of aliphatic hydroxyl groups excluding tert-OH is 1. The minimum atomic E-state index is -0.877. The number of rotatable bonds is 2. The number of hydrogen-bond donors (Lipinski definition) is 1. The number of aliphatic hydroxyl groups is 1. The largest absolute Gasteiger partial charge is 0.427 e. The average molecular weight is 280 g/mol. The molecule has 0 aliphatic rings. The smallest absolute Gasteiger partial charge is 0.308 e. The summed E-state index contributed by atoms with van der Waals surface area (Å²) in [5.74, 6) is 5.80. The highest BCUT2D eigenvalue weighted by molar-refractivity contribution is 5.69. The molecule has 3 nitrogen and oxygen atoms in total. The lowest BCUT2D eigenvalue weighted by Gasteiger charge is -2.05. The van der Waals surface area contributed by atoms with Gasteiger partial charge in [0, 0.05) is 12.5 Å². The van der Waals surface area contributed by atoms with Crippen LogP contribution in [0.1, 0.15) is 29.7 Å². The van der Waals surface area contributed by atoms with Crippen molar-refractivity contribution >= 4 is 5.97 Å². The van der Waals surface area contributed by atoms with Crippen LogP contribution in [0.5, 0.6) is 5.75 Å². The van der Waals surface area contributed by atoms with Crippen LogP contribution in [0.15, 0.2) is 48.5 Å². The standard InChI is InChI=1S/C18H16O3/c1-13-3-5-15(6-4-13)7-12-18(20)16-8-10-17(11-9-16)21-14(2)19/h3-6,8-11,18,20H,1-2H3. The van der Waals surface area contributed by atoms with Crippen LogP contribution in [0.4, 0.5) is 0 Å². The third kappa shape index (κ3) is 4.48. The second kappa shape index (κ2) is 6.74. The van der Waals surface area contributed by atoms with Crippen LogP contribution in [0.2, 0.25) is 0 Å². The maximum absolute atomic E-state index is 10.8. The molecule has 0 aliphatic heterocycles. The predicted molar refractivity (Wildman–Crippen MR) is 80.8 cm³/mol. The van der Waals surface area contributed by atoms with Gasteiger partial charge in [-0.3, -0.25) is 4.79 Å². The second-order valence-corrected chi connectivity index (χ2v) is 4.70. The number of ether oxygens (including phenoxy) is 1. The molecule has 21 heavy (non-hydrogen) atoms. The quantitative estimate of drug-likeness (QED) is 0.522. The molecule has 0 bridgehead atoms. The molecule has 0 heterocycles. The van der Waals surface area contributed by atoms with Crippen molar-refractivity contribution in [1.29, 1.82) is 0 Å². The van der Waals surface area contributed by atoms with Crippen LogP contribution in [0, 0.1) is 18.8 Å². The van der Waals surface area contributed by atoms with Crippen molar-refractivity contribution in [2.24, 2.45) is 0 Å². The first-order valence-corrected chi connectivity index (χ1v) is 6.59. The summed E-state index contributed by atoms with van der Waals surface area (Å²) in [5.41, 5.74) is 2.68. The van der Waals surface area contributed by atoms with Crippen LogP contribution in [0.25, 0.3) is 0 Å². The van der Waals surface area contributed by atoms with Crippen molar-refractivity contribution in [1.82, 2.24) is 0 Å². The average Bonchev–Trinajstić information content (AvgIpc) is 2.46. The van der Waals surface area contributed by atoms with Gasteiger partial charge in [-0.1, -0.05) is 41.7 Å². The van der Waals surface area contributed by atoms with Crippen LogP contribution in [0.3, 0.4) is 0 Å². The van der Waals surface area contributed by atoms with Gasteiger partial charge in [-0.15, -0.1) is 0 Å². The first kappa shape index (κ1) is 14.8. The topological polar surface area (TPSA) is 46.5 Å². The van der Waals surface area contributed by atoms with Crippen molar-refractivity contribution in [3.63, 3.8) is 0 Å². The van der Waals surface area contributed by atoms with E-state index in [0.29, 0.717) is 11.3 Å². The molecular weight excluding hydrogens is 264 g/mol. The molecule has 0 spiro atoms. The van der Waals surface area contributed by atoms with E-state index in [1.54, 1.807) is 24.3 Å². The molecule has 106 valence electrons. The van der Waals surface area contributed by atoms with Crippen molar-refractivity contribution in [2.75, 3.05) is 0 Å². The monoisotopic (exact) mass is 280 g/mol. The fourth-order valence-corrected chi connectivity index (χ4v) is 1.76. The normalized spacial score (nSPS) is 11.2. The van der Waals surface area contributed by atoms with Crippen LogP contribution < -0.4 is 4.74 Å². The van der Waals surface area contributed by atoms with Gasteiger partial charge in [0.1, 0.15) is 11.9 Å². The molecule has 1 N–H and O–H groups in total. The summed E-state index contributed by atoms with van der Waals surface area (Å²) >= 11 is 0. The third-order valence-electron chi connectivity index (χ3n) is 2.86. The van der Waals surface area contributed by atoms with E-state index in [-0.39, 0.29) is 5.97 Å². The highest BCUT2D eigenvalue weighted by atomic mass is 16.5. The summed E-state index contributed by atoms with van der Waals surface area (Å²) in [4.78, 5) is 10.8. The molecular formula is C18H16O3. The summed E-state index contributed by atoms with van der Waals surface area (Å²) < 4.78 is 4.93. The van der Waals surface area contributed by atoms with E-state index in [0.717, 1.165) is 5.56 Å². The van der Waals surface area contributed by atoms with Crippen molar-refractivity contribution < 1.29 is 14.6 Å². The lowest BCUT2D eigenvalue weighted by atomic mass is 10.1. The number of aryl methyl sites for hydroxylation is 1. The second-order valence-electron chi connectivity index (χ2n) is 4.70. The van der Waals surface area contributed by atoms with Gasteiger partial charge >= 0.3 is 5.97 Å². The van der Waals surface area contributed by atoms with Gasteiger partial charge < -0.3 is 9.84 Å². The summed E-state index contributed by atoms with van der Waals surface area (Å²) in [6, 6.07) is 14.4. The predicted octanol–water partition coefficient (Wildman–Crippen LogP) is 3.01. The number of benzene rings is 2. The van der Waals surface area contributed by atoms with E-state index in [4.69, 9.17) is 4.74 Å². The van der Waals surface area contributed by atoms with E-state index >= 15 is 0 Å². The molecule has 0 aliphatic carbocycles. The van der Waals surface area contributed by atoms with Gasteiger partial charge in [-0.25, -0.2) is 0 Å². The van der Waals surface area contributed by atoms with E-state index in [9.17, 15) is 9.90 Å². The Labute approximate surface area is 124 Å². The lowest BCUT2D eigenvalue weighted by molar-refractivity contribution is -0.131. The highest BCUT2D eigenvalue weighted by Crippen LogP contribution is 2.17. The molecule has 3 heteroatoms. The maximum atomic E-state index is 10.8. The zero-order valence-corrected chi connectivity index (χ0v) is 12.0. The first-order valence-electron chi connectivity index (χ1n) is 6.59. The Morgan fingerprint density at radius 1 is 1.10 bits per heavy atom. The zero-order chi connectivity index (χ0) is 15.2. The molecule has 2 aromatic carbocycles. The van der Waals surface area contributed by atoms with E-state index in [1.807, 2.05) is 31.2 Å². The van der Waals surface area contributed by atoms with Crippen molar-refractivity contribution in [3.8, 4) is 17.6 Å². The van der Waals surface area contributed by atoms with E-state index in [2.05, 4.69) is 11.8 Å². The fourth-order valence-electron chi connectivity index (χ4n) is 1.76. The molecule has 2 rings (SSSR count). The summed E-state index contributed by atoms with van der Waals surface area (Å²) in [6.45, 7) is 3.35. The maximum Gasteiger partial charge on any atom is 0.308 e. The van der Waals surface area contributed by atoms with Gasteiger partial charge in [0.2, 0.25) is 0 Å². The molecule has 0 radical (unpaired) electrons. The summed E-state index contributed by atoms with van der Waals surface area (Å²) in [7, 11) is 0. The molecule has 0 aromatic heterocycles. The molecule has 1 atom stereocenters. The van der Waals surface area contributed by atoms with Gasteiger partial charge in [-0.05, 0) is 36.8 Å². The molecule has 2 aromatic rings. The third-order valence-corrected chi connectivity index (χ3v) is 2.86. The van der Waals surface area contributed by atoms with E-state index in [1.165, 1.54) is 12.5 Å². The number of esters is 1. The molecule has 1 unspecified atom stereocenters. The zero-order valence-electron chi connectivity index (χ0n) is 12.0. The minimum Gasteiger partial charge on any atom is -0.427 e. The number of carbonyl (C=O) groups is 1. The Kier molecular flexibility index (Phi) is 4.76. The van der Waals surface area contributed by atoms with Gasteiger partial charge in [0.05, 0.1) is 0 Å². The van der Waals surface area contributed by atoms with Gasteiger partial charge in [0.15, 0.2) is 0 Å². The van der Waals surface area contributed by atoms with Crippen molar-refractivity contribution in [2.45, 2.75) is 20.0 Å². The van der Waals surface area contributed by atoms with Gasteiger partial charge in [-0.2, -0.15) is 0 Å². The molecule has 0 amide bonds. The Morgan fingerprint density at radius 2 is 1.71 bits per heavy atom. The molecule has 0 saturated carbocycles. The Morgan fingerprint density at radius 3 is 2.29 bits per heavy atom. The summed E-state index contributed by atoms with van der Waals surface area (Å²) in [5, 5.41) is 10.0.